The van der Waals surface area contributed by atoms with Crippen LogP contribution in [0.3, 0.4) is 0 Å². The predicted molar refractivity (Wildman–Crippen MR) is 81.1 cm³/mol. The van der Waals surface area contributed by atoms with Crippen molar-refractivity contribution < 1.29 is 9.53 Å². The lowest BCUT2D eigenvalue weighted by atomic mass is 9.78. The van der Waals surface area contributed by atoms with Gasteiger partial charge in [-0.2, -0.15) is 0 Å². The van der Waals surface area contributed by atoms with Gasteiger partial charge in [0.1, 0.15) is 6.61 Å². The summed E-state index contributed by atoms with van der Waals surface area (Å²) in [6, 6.07) is 9.84. The lowest BCUT2D eigenvalue weighted by molar-refractivity contribution is -0.140. The minimum Gasteiger partial charge on any atom is -0.457 e. The molecule has 2 nitrogen and oxygen atoms in total. The average Bonchev–Trinajstić information content (AvgIpc) is 2.46. The number of carbonyl (C=O) groups excluding carboxylic acids is 1. The first-order chi connectivity index (χ1) is 9.58. The molecule has 2 rings (SSSR count). The number of ether oxygens (including phenoxy) is 1. The molecule has 1 aliphatic rings. The van der Waals surface area contributed by atoms with E-state index in [1.807, 2.05) is 30.3 Å². The number of allylic oxidation sites excluding steroid dienone is 1. The van der Waals surface area contributed by atoms with Gasteiger partial charge in [-0.3, -0.25) is 0 Å². The van der Waals surface area contributed by atoms with Crippen molar-refractivity contribution in [3.8, 4) is 0 Å². The molecule has 0 bridgehead atoms. The second kappa shape index (κ2) is 6.74. The minimum atomic E-state index is -0.128. The molecule has 0 saturated heterocycles. The first-order valence-corrected chi connectivity index (χ1v) is 7.47. The number of carbonyl (C=O) groups is 1. The number of hydrogen-bond acceptors (Lipinski definition) is 2. The quantitative estimate of drug-likeness (QED) is 0.754. The number of rotatable bonds is 4. The van der Waals surface area contributed by atoms with Gasteiger partial charge in [0.2, 0.25) is 0 Å². The Morgan fingerprint density at radius 1 is 1.30 bits per heavy atom. The SMILES string of the molecule is CC1=C(C(=O)OCc2ccccc2)CC(C(C)C)CC1. The standard InChI is InChI=1S/C18H24O2/c1-13(2)16-10-9-14(3)17(11-16)18(19)20-12-15-7-5-4-6-8-15/h4-8,13,16H,9-12H2,1-3H3. The summed E-state index contributed by atoms with van der Waals surface area (Å²) in [6.45, 7) is 6.90. The maximum absolute atomic E-state index is 12.3. The third kappa shape index (κ3) is 3.72. The van der Waals surface area contributed by atoms with Gasteiger partial charge in [0, 0.05) is 5.57 Å². The molecule has 0 aliphatic heterocycles. The first-order valence-electron chi connectivity index (χ1n) is 7.47. The summed E-state index contributed by atoms with van der Waals surface area (Å²) >= 11 is 0. The normalized spacial score (nSPS) is 19.3. The summed E-state index contributed by atoms with van der Waals surface area (Å²) in [4.78, 5) is 12.3. The van der Waals surface area contributed by atoms with Gasteiger partial charge in [-0.15, -0.1) is 0 Å². The molecule has 1 aliphatic carbocycles. The van der Waals surface area contributed by atoms with Gasteiger partial charge >= 0.3 is 5.97 Å². The van der Waals surface area contributed by atoms with E-state index in [0.717, 1.165) is 24.0 Å². The zero-order valence-electron chi connectivity index (χ0n) is 12.7. The number of benzene rings is 1. The zero-order chi connectivity index (χ0) is 14.5. The van der Waals surface area contributed by atoms with Crippen LogP contribution in [-0.4, -0.2) is 5.97 Å². The van der Waals surface area contributed by atoms with Crippen LogP contribution >= 0.6 is 0 Å². The van der Waals surface area contributed by atoms with Crippen LogP contribution in [-0.2, 0) is 16.1 Å². The topological polar surface area (TPSA) is 26.3 Å². The van der Waals surface area contributed by atoms with Gasteiger partial charge < -0.3 is 4.74 Å². The van der Waals surface area contributed by atoms with Crippen LogP contribution < -0.4 is 0 Å². The summed E-state index contributed by atoms with van der Waals surface area (Å²) in [5.74, 6) is 1.11. The van der Waals surface area contributed by atoms with E-state index in [4.69, 9.17) is 4.74 Å². The van der Waals surface area contributed by atoms with Crippen molar-refractivity contribution in [1.82, 2.24) is 0 Å². The fourth-order valence-electron chi connectivity index (χ4n) is 2.73. The Morgan fingerprint density at radius 3 is 2.65 bits per heavy atom. The Balaban J connectivity index is 1.97. The molecule has 0 amide bonds. The van der Waals surface area contributed by atoms with Crippen molar-refractivity contribution in [2.75, 3.05) is 0 Å². The molecule has 0 fully saturated rings. The molecule has 1 unspecified atom stereocenters. The molecular formula is C18H24O2. The molecule has 1 atom stereocenters. The Morgan fingerprint density at radius 2 is 2.00 bits per heavy atom. The fraction of sp³-hybridized carbons (Fsp3) is 0.500. The minimum absolute atomic E-state index is 0.128. The summed E-state index contributed by atoms with van der Waals surface area (Å²) in [7, 11) is 0. The van der Waals surface area contributed by atoms with E-state index in [9.17, 15) is 4.79 Å². The van der Waals surface area contributed by atoms with Gasteiger partial charge in [0.25, 0.3) is 0 Å². The lowest BCUT2D eigenvalue weighted by Crippen LogP contribution is -2.20. The van der Waals surface area contributed by atoms with Crippen molar-refractivity contribution in [2.24, 2.45) is 11.8 Å². The molecule has 0 spiro atoms. The molecular weight excluding hydrogens is 248 g/mol. The summed E-state index contributed by atoms with van der Waals surface area (Å²) in [6.07, 6.45) is 3.09. The van der Waals surface area contributed by atoms with Crippen molar-refractivity contribution in [1.29, 1.82) is 0 Å². The second-order valence-corrected chi connectivity index (χ2v) is 6.07. The van der Waals surface area contributed by atoms with E-state index in [-0.39, 0.29) is 5.97 Å². The van der Waals surface area contributed by atoms with E-state index in [1.165, 1.54) is 12.0 Å². The van der Waals surface area contributed by atoms with E-state index in [0.29, 0.717) is 18.4 Å². The number of hydrogen-bond donors (Lipinski definition) is 0. The predicted octanol–water partition coefficient (Wildman–Crippen LogP) is 4.50. The zero-order valence-corrected chi connectivity index (χ0v) is 12.7. The van der Waals surface area contributed by atoms with Gasteiger partial charge in [-0.25, -0.2) is 4.79 Å². The third-order valence-electron chi connectivity index (χ3n) is 4.27. The monoisotopic (exact) mass is 272 g/mol. The molecule has 0 saturated carbocycles. The molecule has 0 heterocycles. The molecule has 2 heteroatoms. The molecule has 0 radical (unpaired) electrons. The van der Waals surface area contributed by atoms with Gasteiger partial charge in [0.05, 0.1) is 0 Å². The van der Waals surface area contributed by atoms with Crippen molar-refractivity contribution in [3.05, 3.63) is 47.0 Å². The van der Waals surface area contributed by atoms with Crippen LogP contribution in [0.4, 0.5) is 0 Å². The average molecular weight is 272 g/mol. The van der Waals surface area contributed by atoms with Crippen molar-refractivity contribution >= 4 is 5.97 Å². The molecule has 1 aromatic carbocycles. The van der Waals surface area contributed by atoms with Crippen molar-refractivity contribution in [3.63, 3.8) is 0 Å². The molecule has 0 aromatic heterocycles. The van der Waals surface area contributed by atoms with Crippen LogP contribution in [0.2, 0.25) is 0 Å². The largest absolute Gasteiger partial charge is 0.457 e. The first kappa shape index (κ1) is 14.8. The van der Waals surface area contributed by atoms with E-state index < -0.39 is 0 Å². The summed E-state index contributed by atoms with van der Waals surface area (Å²) in [5, 5.41) is 0. The Bertz CT molecular complexity index is 485. The molecule has 108 valence electrons. The van der Waals surface area contributed by atoms with E-state index in [1.54, 1.807) is 0 Å². The molecule has 0 N–H and O–H groups in total. The highest BCUT2D eigenvalue weighted by atomic mass is 16.5. The molecule has 20 heavy (non-hydrogen) atoms. The highest BCUT2D eigenvalue weighted by molar-refractivity contribution is 5.89. The molecule has 1 aromatic rings. The van der Waals surface area contributed by atoms with Crippen LogP contribution in [0.1, 0.15) is 45.6 Å². The Labute approximate surface area is 121 Å². The lowest BCUT2D eigenvalue weighted by Gasteiger charge is -2.27. The maximum atomic E-state index is 12.3. The highest BCUT2D eigenvalue weighted by Gasteiger charge is 2.26. The van der Waals surface area contributed by atoms with Gasteiger partial charge in [-0.1, -0.05) is 49.8 Å². The van der Waals surface area contributed by atoms with Gasteiger partial charge in [0.15, 0.2) is 0 Å². The maximum Gasteiger partial charge on any atom is 0.334 e. The third-order valence-corrected chi connectivity index (χ3v) is 4.27. The second-order valence-electron chi connectivity index (χ2n) is 6.07. The fourth-order valence-corrected chi connectivity index (χ4v) is 2.73. The van der Waals surface area contributed by atoms with Crippen LogP contribution in [0, 0.1) is 11.8 Å². The van der Waals surface area contributed by atoms with Crippen LogP contribution in [0.25, 0.3) is 0 Å². The van der Waals surface area contributed by atoms with Gasteiger partial charge in [-0.05, 0) is 43.6 Å². The van der Waals surface area contributed by atoms with E-state index >= 15 is 0 Å². The van der Waals surface area contributed by atoms with E-state index in [2.05, 4.69) is 20.8 Å². The smallest absolute Gasteiger partial charge is 0.334 e. The van der Waals surface area contributed by atoms with Crippen molar-refractivity contribution in [2.45, 2.75) is 46.6 Å². The van der Waals surface area contributed by atoms with Crippen LogP contribution in [0.5, 0.6) is 0 Å². The van der Waals surface area contributed by atoms with Crippen LogP contribution in [0.15, 0.2) is 41.5 Å². The Hall–Kier alpha value is -1.57. The Kier molecular flexibility index (Phi) is 4.99. The summed E-state index contributed by atoms with van der Waals surface area (Å²) in [5.41, 5.74) is 3.15. The highest BCUT2D eigenvalue weighted by Crippen LogP contribution is 2.34. The number of esters is 1. The summed E-state index contributed by atoms with van der Waals surface area (Å²) < 4.78 is 5.47.